The fourth-order valence-electron chi connectivity index (χ4n) is 2.82. The quantitative estimate of drug-likeness (QED) is 0.489. The molecule has 128 valence electrons. The zero-order valence-electron chi connectivity index (χ0n) is 14.2. The molecule has 0 saturated carbocycles. The van der Waals surface area contributed by atoms with Gasteiger partial charge in [0.05, 0.1) is 5.92 Å². The van der Waals surface area contributed by atoms with Gasteiger partial charge in [-0.1, -0.05) is 6.07 Å². The number of anilines is 1. The number of benzene rings is 2. The molecule has 3 rings (SSSR count). The van der Waals surface area contributed by atoms with E-state index in [1.807, 2.05) is 32.0 Å². The summed E-state index contributed by atoms with van der Waals surface area (Å²) in [6.45, 7) is 4.32. The first-order valence-electron chi connectivity index (χ1n) is 8.12. The lowest BCUT2D eigenvalue weighted by Crippen LogP contribution is -2.27. The van der Waals surface area contributed by atoms with Crippen molar-refractivity contribution in [3.63, 3.8) is 0 Å². The molecule has 1 atom stereocenters. The third kappa shape index (κ3) is 3.60. The Balaban J connectivity index is 1.69. The molecule has 0 bridgehead atoms. The molecule has 2 aromatic rings. The van der Waals surface area contributed by atoms with Gasteiger partial charge in [-0.25, -0.2) is 0 Å². The number of hydrogen-bond acceptors (Lipinski definition) is 4. The average Bonchev–Trinajstić information content (AvgIpc) is 3.00. The van der Waals surface area contributed by atoms with Crippen LogP contribution in [0.25, 0.3) is 0 Å². The summed E-state index contributed by atoms with van der Waals surface area (Å²) >= 11 is 0. The SMILES string of the molecule is Cc1ccc(N2C[C@H](C(=O)Oc3ccc(C=O)cc3)CC2=O)cc1C. The van der Waals surface area contributed by atoms with Crippen molar-refractivity contribution in [1.82, 2.24) is 0 Å². The van der Waals surface area contributed by atoms with Gasteiger partial charge in [-0.3, -0.25) is 14.4 Å². The molecule has 5 heteroatoms. The smallest absolute Gasteiger partial charge is 0.316 e. The van der Waals surface area contributed by atoms with Crippen molar-refractivity contribution in [2.45, 2.75) is 20.3 Å². The van der Waals surface area contributed by atoms with Crippen LogP contribution in [0.4, 0.5) is 5.69 Å². The number of aryl methyl sites for hydroxylation is 2. The number of ether oxygens (including phenoxy) is 1. The summed E-state index contributed by atoms with van der Waals surface area (Å²) in [5, 5.41) is 0. The Labute approximate surface area is 146 Å². The Morgan fingerprint density at radius 3 is 2.48 bits per heavy atom. The standard InChI is InChI=1S/C20H19NO4/c1-13-3-6-17(9-14(13)2)21-11-16(10-19(21)23)20(24)25-18-7-4-15(12-22)5-8-18/h3-9,12,16H,10-11H2,1-2H3/t16-/m1/s1. The van der Waals surface area contributed by atoms with Crippen LogP contribution in [0.1, 0.15) is 27.9 Å². The second kappa shape index (κ2) is 6.89. The largest absolute Gasteiger partial charge is 0.426 e. The highest BCUT2D eigenvalue weighted by Gasteiger charge is 2.36. The minimum atomic E-state index is -0.500. The van der Waals surface area contributed by atoms with E-state index >= 15 is 0 Å². The van der Waals surface area contributed by atoms with Gasteiger partial charge in [0.2, 0.25) is 5.91 Å². The minimum Gasteiger partial charge on any atom is -0.426 e. The highest BCUT2D eigenvalue weighted by Crippen LogP contribution is 2.28. The minimum absolute atomic E-state index is 0.0819. The van der Waals surface area contributed by atoms with E-state index in [0.29, 0.717) is 17.9 Å². The number of carbonyl (C=O) groups excluding carboxylic acids is 3. The lowest BCUT2D eigenvalue weighted by Gasteiger charge is -2.17. The molecule has 1 aliphatic rings. The van der Waals surface area contributed by atoms with E-state index in [9.17, 15) is 14.4 Å². The molecule has 0 aromatic heterocycles. The van der Waals surface area contributed by atoms with Crippen LogP contribution in [-0.4, -0.2) is 24.7 Å². The first kappa shape index (κ1) is 16.9. The lowest BCUT2D eigenvalue weighted by molar-refractivity contribution is -0.139. The van der Waals surface area contributed by atoms with Crippen LogP contribution in [0.5, 0.6) is 5.75 Å². The van der Waals surface area contributed by atoms with E-state index in [-0.39, 0.29) is 12.3 Å². The topological polar surface area (TPSA) is 63.7 Å². The summed E-state index contributed by atoms with van der Waals surface area (Å²) < 4.78 is 5.34. The van der Waals surface area contributed by atoms with Gasteiger partial charge in [-0.05, 0) is 61.4 Å². The van der Waals surface area contributed by atoms with Crippen molar-refractivity contribution < 1.29 is 19.1 Å². The third-order valence-electron chi connectivity index (χ3n) is 4.50. The molecule has 1 saturated heterocycles. The van der Waals surface area contributed by atoms with Gasteiger partial charge < -0.3 is 9.64 Å². The molecule has 0 unspecified atom stereocenters. The zero-order valence-corrected chi connectivity index (χ0v) is 14.2. The van der Waals surface area contributed by atoms with E-state index in [2.05, 4.69) is 0 Å². The molecule has 25 heavy (non-hydrogen) atoms. The summed E-state index contributed by atoms with van der Waals surface area (Å²) in [6.07, 6.45) is 0.862. The number of carbonyl (C=O) groups is 3. The van der Waals surface area contributed by atoms with Crippen molar-refractivity contribution in [2.75, 3.05) is 11.4 Å². The fraction of sp³-hybridized carbons (Fsp3) is 0.250. The summed E-state index contributed by atoms with van der Waals surface area (Å²) in [7, 11) is 0. The van der Waals surface area contributed by atoms with Crippen LogP contribution in [0.3, 0.4) is 0 Å². The molecular weight excluding hydrogens is 318 g/mol. The van der Waals surface area contributed by atoms with Crippen molar-refractivity contribution in [3.8, 4) is 5.75 Å². The lowest BCUT2D eigenvalue weighted by atomic mass is 10.1. The Morgan fingerprint density at radius 1 is 1.12 bits per heavy atom. The Hall–Kier alpha value is -2.95. The van der Waals surface area contributed by atoms with Gasteiger partial charge in [-0.2, -0.15) is 0 Å². The average molecular weight is 337 g/mol. The van der Waals surface area contributed by atoms with E-state index in [1.54, 1.807) is 29.2 Å². The predicted molar refractivity (Wildman–Crippen MR) is 93.8 cm³/mol. The Morgan fingerprint density at radius 2 is 1.84 bits per heavy atom. The van der Waals surface area contributed by atoms with Crippen LogP contribution in [0.2, 0.25) is 0 Å². The van der Waals surface area contributed by atoms with Crippen molar-refractivity contribution >= 4 is 23.9 Å². The van der Waals surface area contributed by atoms with E-state index in [4.69, 9.17) is 4.74 Å². The van der Waals surface area contributed by atoms with E-state index < -0.39 is 11.9 Å². The second-order valence-corrected chi connectivity index (χ2v) is 6.28. The molecule has 5 nitrogen and oxygen atoms in total. The second-order valence-electron chi connectivity index (χ2n) is 6.28. The number of esters is 1. The maximum Gasteiger partial charge on any atom is 0.316 e. The number of hydrogen-bond donors (Lipinski definition) is 0. The molecule has 0 radical (unpaired) electrons. The molecule has 1 amide bonds. The summed E-state index contributed by atoms with van der Waals surface area (Å²) in [5.74, 6) is -0.646. The van der Waals surface area contributed by atoms with Gasteiger partial charge in [-0.15, -0.1) is 0 Å². The third-order valence-corrected chi connectivity index (χ3v) is 4.50. The Bertz CT molecular complexity index is 826. The molecule has 2 aromatic carbocycles. The zero-order chi connectivity index (χ0) is 18.0. The first-order chi connectivity index (χ1) is 12.0. The van der Waals surface area contributed by atoms with Gasteiger partial charge in [0.1, 0.15) is 12.0 Å². The molecule has 0 aliphatic carbocycles. The summed E-state index contributed by atoms with van der Waals surface area (Å²) in [4.78, 5) is 36.9. The molecule has 0 N–H and O–H groups in total. The molecule has 0 spiro atoms. The first-order valence-corrected chi connectivity index (χ1v) is 8.12. The maximum atomic E-state index is 12.3. The predicted octanol–water partition coefficient (Wildman–Crippen LogP) is 3.07. The van der Waals surface area contributed by atoms with E-state index in [0.717, 1.165) is 23.1 Å². The van der Waals surface area contributed by atoms with Crippen LogP contribution in [0, 0.1) is 19.8 Å². The van der Waals surface area contributed by atoms with Crippen molar-refractivity contribution in [3.05, 3.63) is 59.2 Å². The molecular formula is C20H19NO4. The maximum absolute atomic E-state index is 12.3. The number of nitrogens with zero attached hydrogens (tertiary/aromatic N) is 1. The molecule has 1 heterocycles. The Kier molecular flexibility index (Phi) is 4.65. The van der Waals surface area contributed by atoms with Crippen molar-refractivity contribution in [2.24, 2.45) is 5.92 Å². The normalized spacial score (nSPS) is 16.8. The van der Waals surface area contributed by atoms with Crippen LogP contribution < -0.4 is 9.64 Å². The van der Waals surface area contributed by atoms with Crippen LogP contribution in [0.15, 0.2) is 42.5 Å². The van der Waals surface area contributed by atoms with Gasteiger partial charge in [0.15, 0.2) is 0 Å². The van der Waals surface area contributed by atoms with Gasteiger partial charge in [0.25, 0.3) is 0 Å². The summed E-state index contributed by atoms with van der Waals surface area (Å²) in [6, 6.07) is 12.1. The van der Waals surface area contributed by atoms with Gasteiger partial charge in [0, 0.05) is 24.2 Å². The highest BCUT2D eigenvalue weighted by molar-refractivity contribution is 5.99. The number of amides is 1. The van der Waals surface area contributed by atoms with Crippen molar-refractivity contribution in [1.29, 1.82) is 0 Å². The fourth-order valence-corrected chi connectivity index (χ4v) is 2.82. The van der Waals surface area contributed by atoms with Crippen LogP contribution in [-0.2, 0) is 9.59 Å². The molecule has 1 aliphatic heterocycles. The van der Waals surface area contributed by atoms with E-state index in [1.165, 1.54) is 0 Å². The monoisotopic (exact) mass is 337 g/mol. The highest BCUT2D eigenvalue weighted by atomic mass is 16.5. The van der Waals surface area contributed by atoms with Crippen LogP contribution >= 0.6 is 0 Å². The number of rotatable bonds is 4. The molecule has 1 fully saturated rings. The number of aldehydes is 1. The summed E-state index contributed by atoms with van der Waals surface area (Å²) in [5.41, 5.74) is 3.58. The van der Waals surface area contributed by atoms with Gasteiger partial charge >= 0.3 is 5.97 Å².